The van der Waals surface area contributed by atoms with Crippen LogP contribution in [0.1, 0.15) is 71.6 Å². The Morgan fingerprint density at radius 3 is 1.68 bits per heavy atom. The van der Waals surface area contributed by atoms with Crippen LogP contribution >= 0.6 is 0 Å². The van der Waals surface area contributed by atoms with Crippen molar-refractivity contribution < 1.29 is 38.8 Å². The molecule has 0 aromatic rings. The minimum atomic E-state index is -2.52. The van der Waals surface area contributed by atoms with Gasteiger partial charge in [-0.2, -0.15) is 0 Å². The summed E-state index contributed by atoms with van der Waals surface area (Å²) >= 11 is 0. The molecule has 0 unspecified atom stereocenters. The van der Waals surface area contributed by atoms with Gasteiger partial charge >= 0.3 is 24.3 Å². The first-order chi connectivity index (χ1) is 11.7. The van der Waals surface area contributed by atoms with Gasteiger partial charge in [-0.3, -0.25) is 0 Å². The molecule has 8 heteroatoms. The predicted octanol–water partition coefficient (Wildman–Crippen LogP) is 4.68. The fraction of sp³-hybridized carbons (Fsp3) is 0.706. The average Bonchev–Trinajstić information content (AvgIpc) is 2.48. The van der Waals surface area contributed by atoms with Gasteiger partial charge in [0.2, 0.25) is 0 Å². The first kappa shape index (κ1) is 22.8. The summed E-state index contributed by atoms with van der Waals surface area (Å²) in [5.74, 6) is -3.52. The molecule has 25 heavy (non-hydrogen) atoms. The molecule has 2 N–H and O–H groups in total. The highest BCUT2D eigenvalue weighted by Gasteiger charge is 2.43. The maximum atomic E-state index is 11.7. The van der Waals surface area contributed by atoms with Gasteiger partial charge in [-0.15, -0.1) is 0 Å². The number of carbonyl (C=O) groups is 3. The molecule has 0 amide bonds. The van der Waals surface area contributed by atoms with Crippen molar-refractivity contribution >= 4 is 18.3 Å². The Labute approximate surface area is 147 Å². The second-order valence-corrected chi connectivity index (χ2v) is 5.81. The van der Waals surface area contributed by atoms with Gasteiger partial charge in [-0.1, -0.05) is 58.4 Å². The topological polar surface area (TPSA) is 119 Å². The molecule has 144 valence electrons. The van der Waals surface area contributed by atoms with Crippen LogP contribution in [-0.2, 0) is 19.0 Å². The molecule has 0 rings (SSSR count). The Kier molecular flexibility index (Phi) is 11.1. The van der Waals surface area contributed by atoms with Crippen molar-refractivity contribution in [2.24, 2.45) is 0 Å². The summed E-state index contributed by atoms with van der Waals surface area (Å²) in [6.07, 6.45) is 3.79. The van der Waals surface area contributed by atoms with E-state index in [0.717, 1.165) is 25.7 Å². The quantitative estimate of drug-likeness (QED) is 0.210. The number of rotatable bonds is 13. The third kappa shape index (κ3) is 11.0. The zero-order valence-corrected chi connectivity index (χ0v) is 14.9. The van der Waals surface area contributed by atoms with Crippen LogP contribution in [0.3, 0.4) is 0 Å². The molecule has 0 aromatic heterocycles. The summed E-state index contributed by atoms with van der Waals surface area (Å²) in [6.45, 7) is 6.84. The molecule has 0 saturated heterocycles. The van der Waals surface area contributed by atoms with Crippen molar-refractivity contribution in [3.05, 3.63) is 12.2 Å². The molecule has 8 nitrogen and oxygen atoms in total. The molecule has 0 aliphatic heterocycles. The van der Waals surface area contributed by atoms with E-state index >= 15 is 0 Å². The molecular weight excluding hydrogens is 332 g/mol. The van der Waals surface area contributed by atoms with Gasteiger partial charge in [0.05, 0.1) is 6.42 Å². The second-order valence-electron chi connectivity index (χ2n) is 5.81. The number of carboxylic acid groups (broad SMARTS) is 2. The molecule has 0 aliphatic rings. The smallest absolute Gasteiger partial charge is 0.450 e. The van der Waals surface area contributed by atoms with E-state index in [-0.39, 0.29) is 12.0 Å². The molecule has 0 heterocycles. The Hall–Kier alpha value is -2.25. The molecule has 0 spiro atoms. The SMILES string of the molecule is C=C(C)C(=O)OC(CCCCCCCCCC)(OC(=O)O)OC(=O)O. The van der Waals surface area contributed by atoms with Gasteiger partial charge in [0.25, 0.3) is 0 Å². The van der Waals surface area contributed by atoms with E-state index in [4.69, 9.17) is 14.9 Å². The first-order valence-electron chi connectivity index (χ1n) is 8.45. The zero-order valence-electron chi connectivity index (χ0n) is 14.9. The lowest BCUT2D eigenvalue weighted by Gasteiger charge is -2.29. The van der Waals surface area contributed by atoms with Crippen molar-refractivity contribution in [3.63, 3.8) is 0 Å². The Bertz CT molecular complexity index is 442. The third-order valence-electron chi connectivity index (χ3n) is 3.42. The van der Waals surface area contributed by atoms with E-state index in [1.165, 1.54) is 19.8 Å². The van der Waals surface area contributed by atoms with Crippen molar-refractivity contribution in [2.45, 2.75) is 77.6 Å². The van der Waals surface area contributed by atoms with Gasteiger partial charge in [-0.25, -0.2) is 14.4 Å². The fourth-order valence-corrected chi connectivity index (χ4v) is 2.19. The number of ether oxygens (including phenoxy) is 3. The van der Waals surface area contributed by atoms with Gasteiger partial charge in [0, 0.05) is 5.57 Å². The van der Waals surface area contributed by atoms with Crippen LogP contribution in [0.5, 0.6) is 0 Å². The highest BCUT2D eigenvalue weighted by Crippen LogP contribution is 2.26. The second kappa shape index (κ2) is 12.2. The largest absolute Gasteiger partial charge is 0.511 e. The maximum absolute atomic E-state index is 11.7. The summed E-state index contributed by atoms with van der Waals surface area (Å²) < 4.78 is 13.8. The maximum Gasteiger partial charge on any atom is 0.511 e. The van der Waals surface area contributed by atoms with Gasteiger partial charge in [0.1, 0.15) is 0 Å². The monoisotopic (exact) mass is 360 g/mol. The van der Waals surface area contributed by atoms with Crippen molar-refractivity contribution in [1.29, 1.82) is 0 Å². The third-order valence-corrected chi connectivity index (χ3v) is 3.42. The normalized spacial score (nSPS) is 10.8. The summed E-state index contributed by atoms with van der Waals surface area (Å²) in [6, 6.07) is 0. The highest BCUT2D eigenvalue weighted by molar-refractivity contribution is 5.87. The molecule has 0 saturated carbocycles. The molecular formula is C17H28O8. The molecule has 0 aromatic carbocycles. The summed E-state index contributed by atoms with van der Waals surface area (Å²) in [7, 11) is 0. The minimum absolute atomic E-state index is 0.0386. The number of unbranched alkanes of at least 4 members (excludes halogenated alkanes) is 7. The van der Waals surface area contributed by atoms with Crippen LogP contribution in [0.15, 0.2) is 12.2 Å². The Balaban J connectivity index is 4.69. The van der Waals surface area contributed by atoms with E-state index in [1.54, 1.807) is 0 Å². The van der Waals surface area contributed by atoms with E-state index in [9.17, 15) is 14.4 Å². The van der Waals surface area contributed by atoms with Gasteiger partial charge < -0.3 is 24.4 Å². The first-order valence-corrected chi connectivity index (χ1v) is 8.45. The molecule has 0 bridgehead atoms. The average molecular weight is 360 g/mol. The standard InChI is InChI=1S/C17H28O8/c1-4-5-6-7-8-9-10-11-12-17(24-15(19)20,25-16(21)22)23-14(18)13(2)3/h2,4-12H2,1,3H3,(H,19,20)(H,21,22). The van der Waals surface area contributed by atoms with Gasteiger partial charge in [-0.05, 0) is 13.3 Å². The van der Waals surface area contributed by atoms with Crippen LogP contribution in [0.2, 0.25) is 0 Å². The van der Waals surface area contributed by atoms with Crippen LogP contribution in [0.4, 0.5) is 9.59 Å². The highest BCUT2D eigenvalue weighted by atomic mass is 16.9. The fourth-order valence-electron chi connectivity index (χ4n) is 2.19. The van der Waals surface area contributed by atoms with Crippen LogP contribution < -0.4 is 0 Å². The van der Waals surface area contributed by atoms with Crippen LogP contribution in [-0.4, -0.2) is 34.5 Å². The van der Waals surface area contributed by atoms with Crippen molar-refractivity contribution in [3.8, 4) is 0 Å². The molecule has 0 atom stereocenters. The number of hydrogen-bond donors (Lipinski definition) is 2. The zero-order chi connectivity index (χ0) is 19.3. The molecule has 0 radical (unpaired) electrons. The van der Waals surface area contributed by atoms with E-state index in [2.05, 4.69) is 23.0 Å². The summed E-state index contributed by atoms with van der Waals surface area (Å²) in [5.41, 5.74) is -0.0386. The number of carbonyl (C=O) groups excluding carboxylic acids is 1. The number of hydrogen-bond acceptors (Lipinski definition) is 6. The predicted molar refractivity (Wildman–Crippen MR) is 89.1 cm³/mol. The van der Waals surface area contributed by atoms with E-state index < -0.39 is 24.3 Å². The van der Waals surface area contributed by atoms with Crippen LogP contribution in [0, 0.1) is 0 Å². The van der Waals surface area contributed by atoms with E-state index in [1.807, 2.05) is 0 Å². The lowest BCUT2D eigenvalue weighted by molar-refractivity contribution is -0.321. The summed E-state index contributed by atoms with van der Waals surface area (Å²) in [5, 5.41) is 17.7. The van der Waals surface area contributed by atoms with Gasteiger partial charge in [0.15, 0.2) is 0 Å². The Morgan fingerprint density at radius 1 is 0.840 bits per heavy atom. The van der Waals surface area contributed by atoms with Crippen molar-refractivity contribution in [1.82, 2.24) is 0 Å². The van der Waals surface area contributed by atoms with E-state index in [0.29, 0.717) is 12.8 Å². The van der Waals surface area contributed by atoms with Crippen molar-refractivity contribution in [2.75, 3.05) is 0 Å². The lowest BCUT2D eigenvalue weighted by Crippen LogP contribution is -2.44. The van der Waals surface area contributed by atoms with Crippen LogP contribution in [0.25, 0.3) is 0 Å². The number of esters is 1. The Morgan fingerprint density at radius 2 is 1.28 bits per heavy atom. The molecule has 0 aliphatic carbocycles. The summed E-state index contributed by atoms with van der Waals surface area (Å²) in [4.78, 5) is 33.4. The molecule has 0 fully saturated rings. The minimum Gasteiger partial charge on any atom is -0.450 e. The lowest BCUT2D eigenvalue weighted by atomic mass is 10.1.